The van der Waals surface area contributed by atoms with Crippen LogP contribution in [-0.2, 0) is 19.1 Å². The van der Waals surface area contributed by atoms with Crippen molar-refractivity contribution in [2.24, 2.45) is 5.73 Å². The molecule has 0 amide bonds. The third-order valence-corrected chi connectivity index (χ3v) is 5.46. The molecule has 2 N–H and O–H groups in total. The van der Waals surface area contributed by atoms with E-state index in [0.717, 1.165) is 5.39 Å². The van der Waals surface area contributed by atoms with Crippen molar-refractivity contribution in [1.82, 2.24) is 4.98 Å². The largest absolute Gasteiger partial charge is 0.466 e. The van der Waals surface area contributed by atoms with E-state index in [-0.39, 0.29) is 22.7 Å². The van der Waals surface area contributed by atoms with Crippen LogP contribution in [0.25, 0.3) is 10.9 Å². The van der Waals surface area contributed by atoms with Gasteiger partial charge in [-0.05, 0) is 17.7 Å². The topological polar surface area (TPSA) is 119 Å². The fourth-order valence-electron chi connectivity index (χ4n) is 4.03. The number of pyridine rings is 1. The van der Waals surface area contributed by atoms with Crippen molar-refractivity contribution in [3.8, 4) is 6.07 Å². The number of hydrogen-bond acceptors (Lipinski definition) is 8. The molecule has 0 saturated heterocycles. The van der Waals surface area contributed by atoms with Crippen molar-refractivity contribution in [2.75, 3.05) is 19.1 Å². The first-order chi connectivity index (χ1) is 16.0. The molecule has 0 radical (unpaired) electrons. The maximum Gasteiger partial charge on any atom is 0.355 e. The SMILES string of the molecule is COC(=O)C1=C(C(=O)OC)N(c2cccc3cccnc23)C(N)=C(C#N)C1c1ccccc1. The number of para-hydroxylation sites is 1. The van der Waals surface area contributed by atoms with Crippen LogP contribution in [0.3, 0.4) is 0 Å². The minimum absolute atomic E-state index is 0.00226. The van der Waals surface area contributed by atoms with Crippen molar-refractivity contribution in [2.45, 2.75) is 5.92 Å². The van der Waals surface area contributed by atoms with Gasteiger partial charge in [-0.3, -0.25) is 9.88 Å². The number of ether oxygens (including phenoxy) is 2. The first kappa shape index (κ1) is 21.6. The van der Waals surface area contributed by atoms with Crippen molar-refractivity contribution >= 4 is 28.5 Å². The highest BCUT2D eigenvalue weighted by Gasteiger charge is 2.43. The van der Waals surface area contributed by atoms with E-state index in [1.807, 2.05) is 18.2 Å². The summed E-state index contributed by atoms with van der Waals surface area (Å²) in [6.45, 7) is 0. The molecule has 2 heterocycles. The molecule has 0 bridgehead atoms. The van der Waals surface area contributed by atoms with Gasteiger partial charge in [-0.15, -0.1) is 0 Å². The Morgan fingerprint density at radius 2 is 1.70 bits per heavy atom. The molecule has 3 aromatic rings. The van der Waals surface area contributed by atoms with Gasteiger partial charge in [0.15, 0.2) is 0 Å². The summed E-state index contributed by atoms with van der Waals surface area (Å²) in [4.78, 5) is 32.0. The zero-order valence-corrected chi connectivity index (χ0v) is 18.0. The number of nitrogens with zero attached hydrogens (tertiary/aromatic N) is 3. The van der Waals surface area contributed by atoms with Crippen LogP contribution in [0.4, 0.5) is 5.69 Å². The standard InChI is InChI=1S/C25H20N4O4/c1-32-24(30)20-19(15-8-4-3-5-9-15)17(14-26)23(27)29(22(20)25(31)33-2)18-12-6-10-16-11-7-13-28-21(16)18/h3-13,19H,27H2,1-2H3. The average molecular weight is 440 g/mol. The highest BCUT2D eigenvalue weighted by Crippen LogP contribution is 2.44. The van der Waals surface area contributed by atoms with Gasteiger partial charge in [-0.1, -0.05) is 48.5 Å². The van der Waals surface area contributed by atoms with Crippen LogP contribution in [0, 0.1) is 11.3 Å². The maximum atomic E-state index is 13.1. The predicted octanol–water partition coefficient (Wildman–Crippen LogP) is 3.13. The number of carbonyl (C=O) groups excluding carboxylic acids is 2. The third kappa shape index (κ3) is 3.55. The number of hydrogen-bond donors (Lipinski definition) is 1. The summed E-state index contributed by atoms with van der Waals surface area (Å²) in [5.74, 6) is -2.50. The number of esters is 2. The van der Waals surface area contributed by atoms with Gasteiger partial charge in [-0.25, -0.2) is 9.59 Å². The molecule has 0 spiro atoms. The number of nitrogens with two attached hydrogens (primary N) is 1. The summed E-state index contributed by atoms with van der Waals surface area (Å²) in [7, 11) is 2.42. The molecule has 4 rings (SSSR count). The summed E-state index contributed by atoms with van der Waals surface area (Å²) in [5, 5.41) is 10.9. The molecule has 0 fully saturated rings. The summed E-state index contributed by atoms with van der Waals surface area (Å²) < 4.78 is 10.1. The quantitative estimate of drug-likeness (QED) is 0.615. The number of anilines is 1. The van der Waals surface area contributed by atoms with E-state index in [9.17, 15) is 14.9 Å². The fraction of sp³-hybridized carbons (Fsp3) is 0.120. The Hall–Kier alpha value is -4.64. The van der Waals surface area contributed by atoms with Crippen LogP contribution < -0.4 is 10.6 Å². The average Bonchev–Trinajstić information content (AvgIpc) is 2.87. The van der Waals surface area contributed by atoms with E-state index in [2.05, 4.69) is 11.1 Å². The number of aromatic nitrogens is 1. The number of methoxy groups -OCH3 is 2. The summed E-state index contributed by atoms with van der Waals surface area (Å²) in [6, 6.07) is 20.0. The molecule has 8 heteroatoms. The lowest BCUT2D eigenvalue weighted by atomic mass is 9.81. The van der Waals surface area contributed by atoms with Crippen LogP contribution >= 0.6 is 0 Å². The van der Waals surface area contributed by atoms with Gasteiger partial charge < -0.3 is 15.2 Å². The highest BCUT2D eigenvalue weighted by molar-refractivity contribution is 6.08. The first-order valence-corrected chi connectivity index (χ1v) is 10.0. The number of benzene rings is 2. The molecule has 2 aromatic carbocycles. The number of allylic oxidation sites excluding steroid dienone is 1. The second-order valence-electron chi connectivity index (χ2n) is 7.19. The Balaban J connectivity index is 2.12. The van der Waals surface area contributed by atoms with Gasteiger partial charge in [0.25, 0.3) is 0 Å². The van der Waals surface area contributed by atoms with Crippen LogP contribution in [0.2, 0.25) is 0 Å². The highest BCUT2D eigenvalue weighted by atomic mass is 16.5. The van der Waals surface area contributed by atoms with E-state index in [4.69, 9.17) is 15.2 Å². The monoisotopic (exact) mass is 440 g/mol. The Bertz CT molecular complexity index is 1350. The smallest absolute Gasteiger partial charge is 0.355 e. The maximum absolute atomic E-state index is 13.1. The molecule has 0 aliphatic carbocycles. The molecule has 1 aromatic heterocycles. The number of carbonyl (C=O) groups is 2. The normalized spacial score (nSPS) is 15.9. The second kappa shape index (κ2) is 8.85. The summed E-state index contributed by atoms with van der Waals surface area (Å²) >= 11 is 0. The lowest BCUT2D eigenvalue weighted by Gasteiger charge is -2.36. The third-order valence-electron chi connectivity index (χ3n) is 5.46. The lowest BCUT2D eigenvalue weighted by Crippen LogP contribution is -2.40. The molecule has 164 valence electrons. The molecular weight excluding hydrogens is 420 g/mol. The number of fused-ring (bicyclic) bond motifs is 1. The lowest BCUT2D eigenvalue weighted by molar-refractivity contribution is -0.139. The molecular formula is C25H20N4O4. The van der Waals surface area contributed by atoms with Gasteiger partial charge in [-0.2, -0.15) is 5.26 Å². The van der Waals surface area contributed by atoms with Gasteiger partial charge in [0, 0.05) is 11.6 Å². The van der Waals surface area contributed by atoms with Crippen LogP contribution in [0.15, 0.2) is 89.5 Å². The van der Waals surface area contributed by atoms with Gasteiger partial charge in [0.2, 0.25) is 0 Å². The van der Waals surface area contributed by atoms with E-state index in [1.165, 1.54) is 19.1 Å². The second-order valence-corrected chi connectivity index (χ2v) is 7.19. The molecule has 1 aliphatic heterocycles. The molecule has 1 atom stereocenters. The van der Waals surface area contributed by atoms with Crippen molar-refractivity contribution < 1.29 is 19.1 Å². The van der Waals surface area contributed by atoms with Gasteiger partial charge in [0.1, 0.15) is 11.5 Å². The first-order valence-electron chi connectivity index (χ1n) is 10.0. The molecule has 8 nitrogen and oxygen atoms in total. The van der Waals surface area contributed by atoms with E-state index in [1.54, 1.807) is 48.7 Å². The summed E-state index contributed by atoms with van der Waals surface area (Å²) in [6.07, 6.45) is 1.61. The Labute approximate surface area is 190 Å². The van der Waals surface area contributed by atoms with Crippen LogP contribution in [0.5, 0.6) is 0 Å². The molecule has 1 aliphatic rings. The minimum Gasteiger partial charge on any atom is -0.466 e. The van der Waals surface area contributed by atoms with E-state index >= 15 is 0 Å². The van der Waals surface area contributed by atoms with Crippen molar-refractivity contribution in [3.63, 3.8) is 0 Å². The molecule has 0 saturated carbocycles. The predicted molar refractivity (Wildman–Crippen MR) is 121 cm³/mol. The van der Waals surface area contributed by atoms with E-state index < -0.39 is 17.9 Å². The van der Waals surface area contributed by atoms with Crippen LogP contribution in [-0.4, -0.2) is 31.1 Å². The Morgan fingerprint density at radius 3 is 2.36 bits per heavy atom. The zero-order chi connectivity index (χ0) is 23.5. The molecule has 33 heavy (non-hydrogen) atoms. The zero-order valence-electron chi connectivity index (χ0n) is 18.0. The summed E-state index contributed by atoms with van der Waals surface area (Å²) in [5.41, 5.74) is 8.01. The Morgan fingerprint density at radius 1 is 1.00 bits per heavy atom. The Kier molecular flexibility index (Phi) is 5.79. The van der Waals surface area contributed by atoms with E-state index in [0.29, 0.717) is 16.8 Å². The van der Waals surface area contributed by atoms with Crippen LogP contribution in [0.1, 0.15) is 11.5 Å². The molecule has 1 unspecified atom stereocenters. The van der Waals surface area contributed by atoms with Crippen molar-refractivity contribution in [3.05, 3.63) is 95.1 Å². The van der Waals surface area contributed by atoms with Gasteiger partial charge in [0.05, 0.1) is 48.6 Å². The minimum atomic E-state index is -0.920. The van der Waals surface area contributed by atoms with Crippen molar-refractivity contribution in [1.29, 1.82) is 5.26 Å². The van der Waals surface area contributed by atoms with Gasteiger partial charge >= 0.3 is 11.9 Å². The number of nitriles is 1. The fourth-order valence-corrected chi connectivity index (χ4v) is 4.03. The number of rotatable bonds is 4.